The van der Waals surface area contributed by atoms with Gasteiger partial charge in [0.15, 0.2) is 0 Å². The van der Waals surface area contributed by atoms with E-state index < -0.39 is 0 Å². The molecule has 0 radical (unpaired) electrons. The fourth-order valence-corrected chi connectivity index (χ4v) is 3.83. The highest BCUT2D eigenvalue weighted by Gasteiger charge is 2.20. The van der Waals surface area contributed by atoms with Crippen LogP contribution in [0.1, 0.15) is 82.9 Å². The van der Waals surface area contributed by atoms with Crippen LogP contribution in [0.2, 0.25) is 0 Å². The maximum Gasteiger partial charge on any atom is 0.306 e. The zero-order valence-corrected chi connectivity index (χ0v) is 17.0. The summed E-state index contributed by atoms with van der Waals surface area (Å²) < 4.78 is 5.79. The van der Waals surface area contributed by atoms with Crippen LogP contribution in [0, 0.1) is 5.41 Å². The number of hydrogen-bond donors (Lipinski definition) is 0. The number of ether oxygens (including phenoxy) is 1. The van der Waals surface area contributed by atoms with Gasteiger partial charge in [-0.3, -0.25) is 4.79 Å². The first-order chi connectivity index (χ1) is 12.9. The molecule has 0 aliphatic heterocycles. The fourth-order valence-electron chi connectivity index (χ4n) is 3.83. The highest BCUT2D eigenvalue weighted by atomic mass is 16.5. The van der Waals surface area contributed by atoms with Gasteiger partial charge in [-0.25, -0.2) is 0 Å². The smallest absolute Gasteiger partial charge is 0.306 e. The number of carbonyl (C=O) groups is 1. The summed E-state index contributed by atoms with van der Waals surface area (Å²) >= 11 is 0. The zero-order chi connectivity index (χ0) is 19.3. The zero-order valence-electron chi connectivity index (χ0n) is 17.0. The number of esters is 1. The van der Waals surface area contributed by atoms with Crippen LogP contribution in [0.4, 0.5) is 0 Å². The van der Waals surface area contributed by atoms with E-state index in [4.69, 9.17) is 4.74 Å². The van der Waals surface area contributed by atoms with Gasteiger partial charge in [-0.05, 0) is 40.7 Å². The molecule has 0 spiro atoms. The minimum Gasteiger partial charge on any atom is -0.453 e. The van der Waals surface area contributed by atoms with Gasteiger partial charge in [-0.15, -0.1) is 0 Å². The minimum atomic E-state index is -0.261. The largest absolute Gasteiger partial charge is 0.453 e. The van der Waals surface area contributed by atoms with E-state index >= 15 is 0 Å². The Bertz CT molecular complexity index is 805. The topological polar surface area (TPSA) is 26.3 Å². The van der Waals surface area contributed by atoms with Gasteiger partial charge in [0.25, 0.3) is 0 Å². The molecule has 1 atom stereocenters. The van der Waals surface area contributed by atoms with Crippen molar-refractivity contribution in [1.29, 1.82) is 0 Å². The second-order valence-electron chi connectivity index (χ2n) is 8.89. The minimum absolute atomic E-state index is 0.0873. The Hall–Kier alpha value is -2.09. The van der Waals surface area contributed by atoms with E-state index in [1.807, 2.05) is 12.1 Å². The molecule has 0 fully saturated rings. The summed E-state index contributed by atoms with van der Waals surface area (Å²) in [5.74, 6) is -0.0873. The molecule has 2 heteroatoms. The lowest BCUT2D eigenvalue weighted by Gasteiger charge is -2.21. The van der Waals surface area contributed by atoms with Gasteiger partial charge >= 0.3 is 5.97 Å². The Morgan fingerprint density at radius 2 is 1.67 bits per heavy atom. The molecule has 3 rings (SSSR count). The molecule has 0 saturated carbocycles. The molecule has 27 heavy (non-hydrogen) atoms. The average molecular weight is 365 g/mol. The standard InChI is InChI=1S/C25H32O2/c1-25(2,3)18-8-6-4-5-7-15-23(26)27-22-17-16-20-12-9-11-19-13-10-14-21(22)24(19)20/h9-14,16-17,22H,4-8,15,18H2,1-3H3. The van der Waals surface area contributed by atoms with Crippen LogP contribution in [0.15, 0.2) is 42.5 Å². The SMILES string of the molecule is CC(C)(C)CCCCCCCC(=O)OC1C=Cc2cccc3cccc1c23. The Labute approximate surface area is 163 Å². The molecule has 1 aliphatic rings. The predicted molar refractivity (Wildman–Crippen MR) is 114 cm³/mol. The summed E-state index contributed by atoms with van der Waals surface area (Å²) in [7, 11) is 0. The Balaban J connectivity index is 1.44. The van der Waals surface area contributed by atoms with Crippen LogP contribution < -0.4 is 0 Å². The molecule has 0 heterocycles. The van der Waals surface area contributed by atoms with E-state index in [0.717, 1.165) is 18.4 Å². The molecular weight excluding hydrogens is 332 g/mol. The van der Waals surface area contributed by atoms with E-state index in [0.29, 0.717) is 11.8 Å². The van der Waals surface area contributed by atoms with E-state index in [2.05, 4.69) is 57.2 Å². The second kappa shape index (κ2) is 8.73. The van der Waals surface area contributed by atoms with Crippen LogP contribution in [0.25, 0.3) is 16.8 Å². The van der Waals surface area contributed by atoms with Gasteiger partial charge < -0.3 is 4.74 Å². The van der Waals surface area contributed by atoms with Crippen LogP contribution >= 0.6 is 0 Å². The predicted octanol–water partition coefficient (Wildman–Crippen LogP) is 7.23. The number of carbonyl (C=O) groups excluding carboxylic acids is 1. The summed E-state index contributed by atoms with van der Waals surface area (Å²) in [6.07, 6.45) is 11.4. The van der Waals surface area contributed by atoms with E-state index in [9.17, 15) is 4.79 Å². The molecule has 2 aromatic rings. The van der Waals surface area contributed by atoms with Gasteiger partial charge in [0.2, 0.25) is 0 Å². The Morgan fingerprint density at radius 1 is 0.963 bits per heavy atom. The van der Waals surface area contributed by atoms with Crippen molar-refractivity contribution in [2.75, 3.05) is 0 Å². The van der Waals surface area contributed by atoms with Gasteiger partial charge in [0.1, 0.15) is 6.10 Å². The molecule has 2 nitrogen and oxygen atoms in total. The second-order valence-corrected chi connectivity index (χ2v) is 8.89. The maximum absolute atomic E-state index is 12.3. The third-order valence-corrected chi connectivity index (χ3v) is 5.29. The number of hydrogen-bond acceptors (Lipinski definition) is 2. The molecule has 0 aromatic heterocycles. The lowest BCUT2D eigenvalue weighted by molar-refractivity contribution is -0.147. The van der Waals surface area contributed by atoms with E-state index in [1.165, 1.54) is 42.0 Å². The van der Waals surface area contributed by atoms with Crippen LogP contribution in [-0.2, 0) is 9.53 Å². The normalized spacial score (nSPS) is 15.9. The fraction of sp³-hybridized carbons (Fsp3) is 0.480. The third kappa shape index (κ3) is 5.45. The Morgan fingerprint density at radius 3 is 2.44 bits per heavy atom. The highest BCUT2D eigenvalue weighted by Crippen LogP contribution is 2.35. The van der Waals surface area contributed by atoms with Crippen LogP contribution in [0.3, 0.4) is 0 Å². The van der Waals surface area contributed by atoms with Crippen molar-refractivity contribution in [2.45, 2.75) is 71.8 Å². The number of rotatable bonds is 8. The van der Waals surface area contributed by atoms with Crippen molar-refractivity contribution in [2.24, 2.45) is 5.41 Å². The van der Waals surface area contributed by atoms with Gasteiger partial charge in [0, 0.05) is 12.0 Å². The molecular formula is C25H32O2. The molecule has 0 saturated heterocycles. The highest BCUT2D eigenvalue weighted by molar-refractivity contribution is 5.95. The maximum atomic E-state index is 12.3. The first kappa shape index (κ1) is 19.7. The molecule has 0 amide bonds. The molecule has 1 aliphatic carbocycles. The van der Waals surface area contributed by atoms with Gasteiger partial charge in [-0.2, -0.15) is 0 Å². The van der Waals surface area contributed by atoms with Gasteiger partial charge in [-0.1, -0.05) is 88.9 Å². The van der Waals surface area contributed by atoms with Crippen molar-refractivity contribution >= 4 is 22.8 Å². The summed E-state index contributed by atoms with van der Waals surface area (Å²) in [4.78, 5) is 12.3. The summed E-state index contributed by atoms with van der Waals surface area (Å²) in [6.45, 7) is 6.88. The molecule has 144 valence electrons. The number of benzene rings is 2. The first-order valence-corrected chi connectivity index (χ1v) is 10.3. The van der Waals surface area contributed by atoms with E-state index in [-0.39, 0.29) is 12.1 Å². The Kier molecular flexibility index (Phi) is 6.36. The third-order valence-electron chi connectivity index (χ3n) is 5.29. The molecule has 1 unspecified atom stereocenters. The van der Waals surface area contributed by atoms with Gasteiger partial charge in [0.05, 0.1) is 0 Å². The summed E-state index contributed by atoms with van der Waals surface area (Å²) in [5, 5.41) is 2.41. The molecule has 2 aromatic carbocycles. The quantitative estimate of drug-likeness (QED) is 0.365. The lowest BCUT2D eigenvalue weighted by atomic mass is 9.89. The van der Waals surface area contributed by atoms with Crippen LogP contribution in [-0.4, -0.2) is 5.97 Å². The van der Waals surface area contributed by atoms with Crippen LogP contribution in [0.5, 0.6) is 0 Å². The van der Waals surface area contributed by atoms with Crippen molar-refractivity contribution < 1.29 is 9.53 Å². The van der Waals surface area contributed by atoms with Crippen molar-refractivity contribution in [3.63, 3.8) is 0 Å². The molecule has 0 N–H and O–H groups in total. The van der Waals surface area contributed by atoms with Crippen molar-refractivity contribution in [3.05, 3.63) is 53.6 Å². The van der Waals surface area contributed by atoms with E-state index in [1.54, 1.807) is 0 Å². The van der Waals surface area contributed by atoms with Crippen molar-refractivity contribution in [1.82, 2.24) is 0 Å². The monoisotopic (exact) mass is 364 g/mol. The molecule has 0 bridgehead atoms. The lowest BCUT2D eigenvalue weighted by Crippen LogP contribution is -2.12. The number of unbranched alkanes of at least 4 members (excludes halogenated alkanes) is 4. The first-order valence-electron chi connectivity index (χ1n) is 10.3. The average Bonchev–Trinajstić information content (AvgIpc) is 2.62. The summed E-state index contributed by atoms with van der Waals surface area (Å²) in [5.41, 5.74) is 2.73. The van der Waals surface area contributed by atoms with Crippen molar-refractivity contribution in [3.8, 4) is 0 Å². The summed E-state index contributed by atoms with van der Waals surface area (Å²) in [6, 6.07) is 12.5.